The summed E-state index contributed by atoms with van der Waals surface area (Å²) in [6.07, 6.45) is 5.10. The van der Waals surface area contributed by atoms with Gasteiger partial charge in [-0.25, -0.2) is 8.42 Å². The average molecular weight is 404 g/mol. The Labute approximate surface area is 164 Å². The van der Waals surface area contributed by atoms with Crippen molar-refractivity contribution in [1.82, 2.24) is 10.3 Å². The van der Waals surface area contributed by atoms with Gasteiger partial charge >= 0.3 is 0 Å². The first kappa shape index (κ1) is 21.4. The number of anilines is 1. The zero-order valence-corrected chi connectivity index (χ0v) is 16.9. The summed E-state index contributed by atoms with van der Waals surface area (Å²) in [6, 6.07) is 5.48. The number of pyridine rings is 1. The molecule has 0 unspecified atom stereocenters. The second-order valence-corrected chi connectivity index (χ2v) is 8.99. The fourth-order valence-corrected chi connectivity index (χ4v) is 3.13. The van der Waals surface area contributed by atoms with E-state index >= 15 is 0 Å². The third-order valence-corrected chi connectivity index (χ3v) is 4.92. The number of nitrogens with zero attached hydrogens (tertiary/aromatic N) is 1. The second-order valence-electron chi connectivity index (χ2n) is 6.73. The van der Waals surface area contributed by atoms with Gasteiger partial charge in [0, 0.05) is 48.4 Å². The highest BCUT2D eigenvalue weighted by Gasteiger charge is 2.17. The van der Waals surface area contributed by atoms with Crippen LogP contribution >= 0.6 is 0 Å². The van der Waals surface area contributed by atoms with Crippen LogP contribution < -0.4 is 16.4 Å². The van der Waals surface area contributed by atoms with Crippen LogP contribution in [0.3, 0.4) is 0 Å². The number of nitrogens with one attached hydrogen (secondary N) is 3. The lowest BCUT2D eigenvalue weighted by Crippen LogP contribution is -2.30. The van der Waals surface area contributed by atoms with E-state index in [1.54, 1.807) is 6.07 Å². The number of benzene rings is 1. The molecule has 1 aromatic carbocycles. The topological polar surface area (TPSA) is 138 Å². The van der Waals surface area contributed by atoms with Crippen molar-refractivity contribution in [2.24, 2.45) is 5.73 Å². The molecule has 0 radical (unpaired) electrons. The van der Waals surface area contributed by atoms with Gasteiger partial charge in [0.25, 0.3) is 5.91 Å². The number of sulfone groups is 1. The van der Waals surface area contributed by atoms with Crippen LogP contribution in [0.2, 0.25) is 0 Å². The van der Waals surface area contributed by atoms with E-state index in [4.69, 9.17) is 11.1 Å². The molecule has 0 atom stereocenters. The zero-order valence-electron chi connectivity index (χ0n) is 16.1. The summed E-state index contributed by atoms with van der Waals surface area (Å²) in [5.74, 6) is -0.547. The second kappa shape index (κ2) is 8.83. The van der Waals surface area contributed by atoms with Crippen molar-refractivity contribution >= 4 is 44.1 Å². The van der Waals surface area contributed by atoms with E-state index in [1.165, 1.54) is 12.4 Å². The highest BCUT2D eigenvalue weighted by molar-refractivity contribution is 7.90. The molecule has 0 aliphatic heterocycles. The Morgan fingerprint density at radius 3 is 2.64 bits per heavy atom. The maximum atomic E-state index is 12.7. The Balaban J connectivity index is 2.52. The standard InChI is InChI=1S/C19H25N5O3S/c1-12(2)24-18-15-8-13(14(9-20)10-21)4-5-17(15)23-11-16(18)19(25)22-6-7-28(3,26)27/h4-5,8-12,20H,6-7,21H2,1-3H3,(H,22,25)(H,23,24)/b14-10+,20-9?. The monoisotopic (exact) mass is 403 g/mol. The maximum absolute atomic E-state index is 12.7. The predicted molar refractivity (Wildman–Crippen MR) is 113 cm³/mol. The molecule has 2 aromatic rings. The van der Waals surface area contributed by atoms with E-state index < -0.39 is 15.7 Å². The van der Waals surface area contributed by atoms with Gasteiger partial charge in [0.1, 0.15) is 9.84 Å². The third-order valence-electron chi connectivity index (χ3n) is 3.97. The molecular weight excluding hydrogens is 378 g/mol. The van der Waals surface area contributed by atoms with Crippen LogP contribution in [0, 0.1) is 5.41 Å². The van der Waals surface area contributed by atoms with E-state index in [-0.39, 0.29) is 18.3 Å². The normalized spacial score (nSPS) is 12.2. The fourth-order valence-electron chi connectivity index (χ4n) is 2.66. The van der Waals surface area contributed by atoms with Crippen molar-refractivity contribution in [1.29, 1.82) is 5.41 Å². The Bertz CT molecular complexity index is 1030. The fraction of sp³-hybridized carbons (Fsp3) is 0.316. The van der Waals surface area contributed by atoms with Gasteiger partial charge in [0.2, 0.25) is 0 Å². The minimum atomic E-state index is -3.17. The summed E-state index contributed by atoms with van der Waals surface area (Å²) in [4.78, 5) is 17.0. The van der Waals surface area contributed by atoms with Crippen LogP contribution in [0.15, 0.2) is 30.6 Å². The number of carbonyl (C=O) groups is 1. The number of hydrogen-bond acceptors (Lipinski definition) is 7. The number of carbonyl (C=O) groups excluding carboxylic acids is 1. The van der Waals surface area contributed by atoms with Crippen molar-refractivity contribution in [3.8, 4) is 0 Å². The third kappa shape index (κ3) is 5.29. The summed E-state index contributed by atoms with van der Waals surface area (Å²) >= 11 is 0. The summed E-state index contributed by atoms with van der Waals surface area (Å²) in [5, 5.41) is 14.1. The Morgan fingerprint density at radius 1 is 1.36 bits per heavy atom. The number of allylic oxidation sites excluding steroid dienone is 1. The average Bonchev–Trinajstić information content (AvgIpc) is 2.61. The van der Waals surface area contributed by atoms with Crippen LogP contribution in [0.5, 0.6) is 0 Å². The van der Waals surface area contributed by atoms with E-state index in [9.17, 15) is 13.2 Å². The molecule has 0 saturated heterocycles. The lowest BCUT2D eigenvalue weighted by Gasteiger charge is -2.17. The molecule has 1 aromatic heterocycles. The lowest BCUT2D eigenvalue weighted by atomic mass is 10.0. The van der Waals surface area contributed by atoms with E-state index in [2.05, 4.69) is 15.6 Å². The molecule has 0 aliphatic rings. The van der Waals surface area contributed by atoms with Crippen molar-refractivity contribution in [2.75, 3.05) is 23.9 Å². The lowest BCUT2D eigenvalue weighted by molar-refractivity contribution is 0.0956. The number of amides is 1. The van der Waals surface area contributed by atoms with Gasteiger partial charge in [-0.05, 0) is 31.5 Å². The Morgan fingerprint density at radius 2 is 2.07 bits per heavy atom. The van der Waals surface area contributed by atoms with Crippen LogP contribution in [-0.4, -0.2) is 50.1 Å². The smallest absolute Gasteiger partial charge is 0.255 e. The van der Waals surface area contributed by atoms with Crippen molar-refractivity contribution in [3.05, 3.63) is 41.7 Å². The number of hydrogen-bond donors (Lipinski definition) is 4. The molecule has 1 heterocycles. The molecule has 0 fully saturated rings. The molecule has 150 valence electrons. The molecular formula is C19H25N5O3S. The molecule has 1 amide bonds. The molecule has 9 heteroatoms. The summed E-state index contributed by atoms with van der Waals surface area (Å²) < 4.78 is 22.6. The van der Waals surface area contributed by atoms with E-state index in [1.807, 2.05) is 26.0 Å². The molecule has 0 spiro atoms. The molecule has 5 N–H and O–H groups in total. The Hall–Kier alpha value is -2.94. The van der Waals surface area contributed by atoms with Gasteiger partial charge in [-0.3, -0.25) is 9.78 Å². The van der Waals surface area contributed by atoms with E-state index in [0.717, 1.165) is 18.0 Å². The summed E-state index contributed by atoms with van der Waals surface area (Å²) in [7, 11) is -3.17. The van der Waals surface area contributed by atoms with Gasteiger partial charge in [0.15, 0.2) is 0 Å². The molecule has 0 aliphatic carbocycles. The summed E-state index contributed by atoms with van der Waals surface area (Å²) in [6.45, 7) is 3.92. The largest absolute Gasteiger partial charge is 0.404 e. The summed E-state index contributed by atoms with van der Waals surface area (Å²) in [5.41, 5.74) is 8.46. The highest BCUT2D eigenvalue weighted by Crippen LogP contribution is 2.29. The number of fused-ring (bicyclic) bond motifs is 1. The first-order chi connectivity index (χ1) is 13.2. The molecule has 2 rings (SSSR count). The first-order valence-electron chi connectivity index (χ1n) is 8.74. The Kier molecular flexibility index (Phi) is 6.74. The van der Waals surface area contributed by atoms with Gasteiger partial charge in [0.05, 0.1) is 22.5 Å². The maximum Gasteiger partial charge on any atom is 0.255 e. The van der Waals surface area contributed by atoms with Crippen LogP contribution in [-0.2, 0) is 9.84 Å². The van der Waals surface area contributed by atoms with Crippen LogP contribution in [0.1, 0.15) is 29.8 Å². The van der Waals surface area contributed by atoms with Crippen LogP contribution in [0.25, 0.3) is 16.5 Å². The van der Waals surface area contributed by atoms with Crippen LogP contribution in [0.4, 0.5) is 5.69 Å². The minimum Gasteiger partial charge on any atom is -0.404 e. The zero-order chi connectivity index (χ0) is 20.9. The molecule has 0 saturated carbocycles. The quantitative estimate of drug-likeness (QED) is 0.496. The SMILES string of the molecule is CC(C)Nc1c(C(=O)NCCS(C)(=O)=O)cnc2ccc(/C(C=N)=C/N)cc12. The number of aromatic nitrogens is 1. The van der Waals surface area contributed by atoms with Gasteiger partial charge in [-0.15, -0.1) is 0 Å². The van der Waals surface area contributed by atoms with Crippen molar-refractivity contribution in [2.45, 2.75) is 19.9 Å². The molecule has 8 nitrogen and oxygen atoms in total. The predicted octanol–water partition coefficient (Wildman–Crippen LogP) is 1.78. The van der Waals surface area contributed by atoms with Gasteiger partial charge in [-0.1, -0.05) is 6.07 Å². The van der Waals surface area contributed by atoms with Crippen molar-refractivity contribution < 1.29 is 13.2 Å². The van der Waals surface area contributed by atoms with Gasteiger partial charge in [-0.2, -0.15) is 0 Å². The first-order valence-corrected chi connectivity index (χ1v) is 10.8. The van der Waals surface area contributed by atoms with Gasteiger partial charge < -0.3 is 21.8 Å². The molecule has 28 heavy (non-hydrogen) atoms. The minimum absolute atomic E-state index is 0.0186. The molecule has 0 bridgehead atoms. The van der Waals surface area contributed by atoms with E-state index in [0.29, 0.717) is 27.7 Å². The number of nitrogens with two attached hydrogens (primary N) is 1. The van der Waals surface area contributed by atoms with Crippen molar-refractivity contribution in [3.63, 3.8) is 0 Å². The highest BCUT2D eigenvalue weighted by atomic mass is 32.2. The number of rotatable bonds is 8.